The molecule has 0 aliphatic heterocycles. The molecular formula is C17H28FN3. The molecule has 0 amide bonds. The molecule has 1 fully saturated rings. The Hall–Kier alpha value is -1.16. The first kappa shape index (κ1) is 16.2. The molecule has 1 aromatic heterocycles. The van der Waals surface area contributed by atoms with Crippen LogP contribution in [0.5, 0.6) is 0 Å². The molecular weight excluding hydrogens is 265 g/mol. The fraction of sp³-hybridized carbons (Fsp3) is 0.706. The highest BCUT2D eigenvalue weighted by Crippen LogP contribution is 2.24. The molecule has 4 heteroatoms. The Labute approximate surface area is 127 Å². The second kappa shape index (κ2) is 7.74. The van der Waals surface area contributed by atoms with E-state index in [0.29, 0.717) is 18.5 Å². The maximum absolute atomic E-state index is 13.5. The van der Waals surface area contributed by atoms with Gasteiger partial charge in [0, 0.05) is 31.2 Å². The Bertz CT molecular complexity index is 442. The highest BCUT2D eigenvalue weighted by atomic mass is 19.1. The molecule has 0 unspecified atom stereocenters. The summed E-state index contributed by atoms with van der Waals surface area (Å²) < 4.78 is 13.5. The topological polar surface area (TPSA) is 28.2 Å². The predicted molar refractivity (Wildman–Crippen MR) is 86.0 cm³/mol. The molecule has 1 aromatic rings. The van der Waals surface area contributed by atoms with Gasteiger partial charge in [0.05, 0.1) is 6.20 Å². The summed E-state index contributed by atoms with van der Waals surface area (Å²) in [5.74, 6) is 1.37. The van der Waals surface area contributed by atoms with Crippen LogP contribution in [0, 0.1) is 11.7 Å². The van der Waals surface area contributed by atoms with E-state index in [-0.39, 0.29) is 5.82 Å². The van der Waals surface area contributed by atoms with E-state index in [9.17, 15) is 4.39 Å². The van der Waals surface area contributed by atoms with Gasteiger partial charge in [-0.1, -0.05) is 26.7 Å². The maximum atomic E-state index is 13.5. The third-order valence-corrected chi connectivity index (χ3v) is 4.38. The van der Waals surface area contributed by atoms with Gasteiger partial charge in [0.15, 0.2) is 0 Å². The summed E-state index contributed by atoms with van der Waals surface area (Å²) in [6.45, 7) is 9.23. The lowest BCUT2D eigenvalue weighted by Crippen LogP contribution is -2.31. The Morgan fingerprint density at radius 3 is 2.62 bits per heavy atom. The normalized spacial score (nSPS) is 14.7. The fourth-order valence-electron chi connectivity index (χ4n) is 2.65. The van der Waals surface area contributed by atoms with Crippen LogP contribution < -0.4 is 10.2 Å². The van der Waals surface area contributed by atoms with Gasteiger partial charge in [-0.3, -0.25) is 0 Å². The zero-order valence-corrected chi connectivity index (χ0v) is 13.5. The predicted octanol–water partition coefficient (Wildman–Crippen LogP) is 3.74. The Balaban J connectivity index is 2.13. The minimum absolute atomic E-state index is 0.245. The fourth-order valence-corrected chi connectivity index (χ4v) is 2.65. The lowest BCUT2D eigenvalue weighted by Gasteiger charge is -2.28. The van der Waals surface area contributed by atoms with Crippen LogP contribution in [0.2, 0.25) is 0 Å². The number of rotatable bonds is 9. The van der Waals surface area contributed by atoms with Gasteiger partial charge in [0.1, 0.15) is 11.6 Å². The molecule has 0 radical (unpaired) electrons. The number of halogens is 1. The second-order valence-corrected chi connectivity index (χ2v) is 6.01. The van der Waals surface area contributed by atoms with Crippen molar-refractivity contribution in [3.8, 4) is 0 Å². The Kier molecular flexibility index (Phi) is 5.97. The molecule has 1 N–H and O–H groups in total. The third kappa shape index (κ3) is 4.67. The summed E-state index contributed by atoms with van der Waals surface area (Å²) >= 11 is 0. The van der Waals surface area contributed by atoms with Crippen molar-refractivity contribution in [3.05, 3.63) is 23.6 Å². The van der Waals surface area contributed by atoms with Crippen molar-refractivity contribution < 1.29 is 4.39 Å². The van der Waals surface area contributed by atoms with Gasteiger partial charge in [-0.25, -0.2) is 9.37 Å². The quantitative estimate of drug-likeness (QED) is 0.752. The first-order valence-electron chi connectivity index (χ1n) is 8.30. The average molecular weight is 293 g/mol. The first-order valence-corrected chi connectivity index (χ1v) is 8.30. The summed E-state index contributed by atoms with van der Waals surface area (Å²) in [6.07, 6.45) is 6.16. The van der Waals surface area contributed by atoms with Crippen molar-refractivity contribution in [1.29, 1.82) is 0 Å². The molecule has 0 spiro atoms. The van der Waals surface area contributed by atoms with Crippen LogP contribution in [0.3, 0.4) is 0 Å². The molecule has 21 heavy (non-hydrogen) atoms. The summed E-state index contributed by atoms with van der Waals surface area (Å²) in [5.41, 5.74) is 0.981. The SMILES string of the molecule is CCC(CC)CN(CC)c1ncc(F)cc1CNC1CC1. The molecule has 3 nitrogen and oxygen atoms in total. The van der Waals surface area contributed by atoms with E-state index in [1.165, 1.54) is 31.9 Å². The first-order chi connectivity index (χ1) is 10.2. The number of nitrogens with zero attached hydrogens (tertiary/aromatic N) is 2. The number of hydrogen-bond donors (Lipinski definition) is 1. The molecule has 0 aromatic carbocycles. The average Bonchev–Trinajstić information content (AvgIpc) is 3.32. The maximum Gasteiger partial charge on any atom is 0.141 e. The lowest BCUT2D eigenvalue weighted by molar-refractivity contribution is 0.483. The Morgan fingerprint density at radius 2 is 2.05 bits per heavy atom. The van der Waals surface area contributed by atoms with Gasteiger partial charge in [0.2, 0.25) is 0 Å². The van der Waals surface area contributed by atoms with Crippen LogP contribution in [-0.4, -0.2) is 24.1 Å². The second-order valence-electron chi connectivity index (χ2n) is 6.01. The van der Waals surface area contributed by atoms with Crippen molar-refractivity contribution in [2.24, 2.45) is 5.92 Å². The summed E-state index contributed by atoms with van der Waals surface area (Å²) in [6, 6.07) is 2.25. The van der Waals surface area contributed by atoms with E-state index in [4.69, 9.17) is 0 Å². The number of nitrogens with one attached hydrogen (secondary N) is 1. The Morgan fingerprint density at radius 1 is 1.33 bits per heavy atom. The molecule has 118 valence electrons. The van der Waals surface area contributed by atoms with E-state index in [2.05, 4.69) is 36.0 Å². The molecule has 1 aliphatic carbocycles. The van der Waals surface area contributed by atoms with Crippen LogP contribution in [-0.2, 0) is 6.54 Å². The van der Waals surface area contributed by atoms with Crippen LogP contribution in [0.25, 0.3) is 0 Å². The molecule has 0 bridgehead atoms. The summed E-state index contributed by atoms with van der Waals surface area (Å²) in [7, 11) is 0. The molecule has 1 saturated carbocycles. The molecule has 2 rings (SSSR count). The van der Waals surface area contributed by atoms with E-state index < -0.39 is 0 Å². The standard InChI is InChI=1S/C17H28FN3/c1-4-13(5-2)12-21(6-3)17-14(9-15(18)11-20-17)10-19-16-7-8-16/h9,11,13,16,19H,4-8,10,12H2,1-3H3. The zero-order valence-electron chi connectivity index (χ0n) is 13.5. The van der Waals surface area contributed by atoms with Gasteiger partial charge >= 0.3 is 0 Å². The van der Waals surface area contributed by atoms with E-state index >= 15 is 0 Å². The van der Waals surface area contributed by atoms with Crippen molar-refractivity contribution in [1.82, 2.24) is 10.3 Å². The summed E-state index contributed by atoms with van der Waals surface area (Å²) in [5, 5.41) is 3.47. The van der Waals surface area contributed by atoms with Crippen molar-refractivity contribution >= 4 is 5.82 Å². The van der Waals surface area contributed by atoms with Crippen molar-refractivity contribution in [2.75, 3.05) is 18.0 Å². The molecule has 1 aliphatic rings. The van der Waals surface area contributed by atoms with E-state index in [1.54, 1.807) is 6.07 Å². The van der Waals surface area contributed by atoms with Gasteiger partial charge in [-0.2, -0.15) is 0 Å². The van der Waals surface area contributed by atoms with E-state index in [1.807, 2.05) is 0 Å². The minimum atomic E-state index is -0.245. The third-order valence-electron chi connectivity index (χ3n) is 4.38. The van der Waals surface area contributed by atoms with Crippen molar-refractivity contribution in [3.63, 3.8) is 0 Å². The van der Waals surface area contributed by atoms with Gasteiger partial charge in [-0.15, -0.1) is 0 Å². The number of anilines is 1. The van der Waals surface area contributed by atoms with Crippen LogP contribution in [0.15, 0.2) is 12.3 Å². The van der Waals surface area contributed by atoms with Crippen molar-refractivity contribution in [2.45, 2.75) is 59.0 Å². The number of hydrogen-bond acceptors (Lipinski definition) is 3. The molecule has 0 atom stereocenters. The molecule has 0 saturated heterocycles. The summed E-state index contributed by atoms with van der Waals surface area (Å²) in [4.78, 5) is 6.67. The number of aromatic nitrogens is 1. The molecule has 1 heterocycles. The lowest BCUT2D eigenvalue weighted by atomic mass is 10.0. The van der Waals surface area contributed by atoms with Gasteiger partial charge in [-0.05, 0) is 31.7 Å². The van der Waals surface area contributed by atoms with Crippen LogP contribution in [0.4, 0.5) is 10.2 Å². The largest absolute Gasteiger partial charge is 0.356 e. The van der Waals surface area contributed by atoms with Crippen LogP contribution >= 0.6 is 0 Å². The highest BCUT2D eigenvalue weighted by molar-refractivity contribution is 5.47. The minimum Gasteiger partial charge on any atom is -0.356 e. The van der Waals surface area contributed by atoms with Gasteiger partial charge < -0.3 is 10.2 Å². The van der Waals surface area contributed by atoms with Gasteiger partial charge in [0.25, 0.3) is 0 Å². The zero-order chi connectivity index (χ0) is 15.2. The van der Waals surface area contributed by atoms with Crippen LogP contribution in [0.1, 0.15) is 52.0 Å². The van der Waals surface area contributed by atoms with E-state index in [0.717, 1.165) is 24.5 Å². The number of pyridine rings is 1. The highest BCUT2D eigenvalue weighted by Gasteiger charge is 2.22. The monoisotopic (exact) mass is 293 g/mol. The smallest absolute Gasteiger partial charge is 0.141 e.